The van der Waals surface area contributed by atoms with E-state index in [1.165, 1.54) is 0 Å². The molecule has 0 fully saturated rings. The first-order chi connectivity index (χ1) is 8.14. The second kappa shape index (κ2) is 7.69. The third kappa shape index (κ3) is 7.61. The highest BCUT2D eigenvalue weighted by Crippen LogP contribution is 2.17. The summed E-state index contributed by atoms with van der Waals surface area (Å²) >= 11 is 4.88. The Morgan fingerprint density at radius 3 is 2.11 bits per heavy atom. The molecule has 0 aromatic carbocycles. The second-order valence-electron chi connectivity index (χ2n) is 5.92. The Labute approximate surface area is 116 Å². The maximum Gasteiger partial charge on any atom is 0.227 e. The van der Waals surface area contributed by atoms with Gasteiger partial charge in [-0.1, -0.05) is 33.0 Å². The number of rotatable bonds is 7. The summed E-state index contributed by atoms with van der Waals surface area (Å²) in [6.45, 7) is 8.18. The van der Waals surface area contributed by atoms with Crippen molar-refractivity contribution < 1.29 is 4.79 Å². The zero-order valence-corrected chi connectivity index (χ0v) is 13.1. The van der Waals surface area contributed by atoms with Crippen molar-refractivity contribution in [1.29, 1.82) is 0 Å². The van der Waals surface area contributed by atoms with Crippen molar-refractivity contribution in [1.82, 2.24) is 9.80 Å². The molecule has 0 saturated heterocycles. The maximum absolute atomic E-state index is 12.3. The van der Waals surface area contributed by atoms with Crippen molar-refractivity contribution >= 4 is 23.1 Å². The summed E-state index contributed by atoms with van der Waals surface area (Å²) in [4.78, 5) is 16.7. The molecule has 2 N–H and O–H groups in total. The third-order valence-electron chi connectivity index (χ3n) is 2.59. The van der Waals surface area contributed by atoms with Crippen LogP contribution in [0.15, 0.2) is 0 Å². The molecule has 0 aliphatic heterocycles. The first kappa shape index (κ1) is 17.3. The highest BCUT2D eigenvalue weighted by molar-refractivity contribution is 7.80. The standard InChI is InChI=1S/C13H27N3OS/c1-13(2,3)12(17)16(10-7-11(14)18)9-6-8-15(4)5/h6-10H2,1-5H3,(H2,14,18). The molecule has 1 amide bonds. The molecule has 18 heavy (non-hydrogen) atoms. The Bertz CT molecular complexity index is 284. The molecule has 4 nitrogen and oxygen atoms in total. The van der Waals surface area contributed by atoms with Crippen LogP contribution in [-0.4, -0.2) is 54.4 Å². The van der Waals surface area contributed by atoms with Crippen LogP contribution in [0.4, 0.5) is 0 Å². The van der Waals surface area contributed by atoms with E-state index in [2.05, 4.69) is 4.90 Å². The van der Waals surface area contributed by atoms with Gasteiger partial charge in [0, 0.05) is 24.9 Å². The average molecular weight is 273 g/mol. The molecule has 0 unspecified atom stereocenters. The van der Waals surface area contributed by atoms with Crippen molar-refractivity contribution in [2.24, 2.45) is 11.1 Å². The first-order valence-electron chi connectivity index (χ1n) is 6.37. The highest BCUT2D eigenvalue weighted by atomic mass is 32.1. The van der Waals surface area contributed by atoms with Gasteiger partial charge in [0.2, 0.25) is 5.91 Å². The van der Waals surface area contributed by atoms with Gasteiger partial charge in [-0.05, 0) is 27.1 Å². The van der Waals surface area contributed by atoms with E-state index in [1.807, 2.05) is 39.8 Å². The van der Waals surface area contributed by atoms with Gasteiger partial charge in [0.05, 0.1) is 4.99 Å². The SMILES string of the molecule is CN(C)CCCN(CCC(N)=S)C(=O)C(C)(C)C. The Balaban J connectivity index is 4.42. The van der Waals surface area contributed by atoms with Crippen molar-refractivity contribution in [3.63, 3.8) is 0 Å². The highest BCUT2D eigenvalue weighted by Gasteiger charge is 2.26. The summed E-state index contributed by atoms with van der Waals surface area (Å²) in [5, 5.41) is 0. The summed E-state index contributed by atoms with van der Waals surface area (Å²) in [6, 6.07) is 0. The largest absolute Gasteiger partial charge is 0.393 e. The zero-order valence-electron chi connectivity index (χ0n) is 12.3. The van der Waals surface area contributed by atoms with Gasteiger partial charge >= 0.3 is 0 Å². The van der Waals surface area contributed by atoms with Crippen molar-refractivity contribution in [2.75, 3.05) is 33.7 Å². The molecule has 106 valence electrons. The number of hydrogen-bond donors (Lipinski definition) is 1. The summed E-state index contributed by atoms with van der Waals surface area (Å²) in [6.07, 6.45) is 1.56. The molecule has 0 atom stereocenters. The molecule has 0 aromatic heterocycles. The minimum atomic E-state index is -0.353. The smallest absolute Gasteiger partial charge is 0.227 e. The molecule has 0 rings (SSSR count). The number of hydrogen-bond acceptors (Lipinski definition) is 3. The number of thiocarbonyl (C=S) groups is 1. The predicted molar refractivity (Wildman–Crippen MR) is 80.6 cm³/mol. The second-order valence-corrected chi connectivity index (χ2v) is 6.44. The normalized spacial score (nSPS) is 11.7. The van der Waals surface area contributed by atoms with Gasteiger partial charge in [-0.2, -0.15) is 0 Å². The Morgan fingerprint density at radius 1 is 1.17 bits per heavy atom. The van der Waals surface area contributed by atoms with Crippen LogP contribution in [0.3, 0.4) is 0 Å². The molecule has 0 bridgehead atoms. The molecular weight excluding hydrogens is 246 g/mol. The summed E-state index contributed by atoms with van der Waals surface area (Å²) < 4.78 is 0. The average Bonchev–Trinajstić information content (AvgIpc) is 2.20. The van der Waals surface area contributed by atoms with E-state index in [-0.39, 0.29) is 11.3 Å². The van der Waals surface area contributed by atoms with Crippen molar-refractivity contribution in [2.45, 2.75) is 33.6 Å². The number of carbonyl (C=O) groups is 1. The van der Waals surface area contributed by atoms with Crippen molar-refractivity contribution in [3.05, 3.63) is 0 Å². The number of nitrogens with zero attached hydrogens (tertiary/aromatic N) is 2. The number of amides is 1. The van der Waals surface area contributed by atoms with Gasteiger partial charge in [0.15, 0.2) is 0 Å². The van der Waals surface area contributed by atoms with Gasteiger partial charge in [-0.3, -0.25) is 4.79 Å². The van der Waals surface area contributed by atoms with Crippen LogP contribution < -0.4 is 5.73 Å². The van der Waals surface area contributed by atoms with E-state index in [4.69, 9.17) is 18.0 Å². The number of nitrogens with two attached hydrogens (primary N) is 1. The molecule has 0 aliphatic carbocycles. The minimum absolute atomic E-state index is 0.164. The lowest BCUT2D eigenvalue weighted by Crippen LogP contribution is -2.42. The van der Waals surface area contributed by atoms with Crippen LogP contribution in [-0.2, 0) is 4.79 Å². The maximum atomic E-state index is 12.3. The van der Waals surface area contributed by atoms with Crippen molar-refractivity contribution in [3.8, 4) is 0 Å². The fourth-order valence-electron chi connectivity index (χ4n) is 1.61. The first-order valence-corrected chi connectivity index (χ1v) is 6.78. The van der Waals surface area contributed by atoms with Crippen LogP contribution >= 0.6 is 12.2 Å². The fourth-order valence-corrected chi connectivity index (χ4v) is 1.70. The van der Waals surface area contributed by atoms with Crippen LogP contribution in [0.1, 0.15) is 33.6 Å². The number of carbonyl (C=O) groups excluding carboxylic acids is 1. The van der Waals surface area contributed by atoms with Gasteiger partial charge in [0.1, 0.15) is 0 Å². The van der Waals surface area contributed by atoms with Crippen LogP contribution in [0.2, 0.25) is 0 Å². The molecule has 0 saturated carbocycles. The molecule has 5 heteroatoms. The van der Waals surface area contributed by atoms with E-state index in [0.29, 0.717) is 18.0 Å². The zero-order chi connectivity index (χ0) is 14.3. The molecule has 0 heterocycles. The van der Waals surface area contributed by atoms with Gasteiger partial charge in [-0.15, -0.1) is 0 Å². The van der Waals surface area contributed by atoms with E-state index in [0.717, 1.165) is 19.5 Å². The minimum Gasteiger partial charge on any atom is -0.393 e. The van der Waals surface area contributed by atoms with E-state index in [9.17, 15) is 4.79 Å². The Hall–Kier alpha value is -0.680. The van der Waals surface area contributed by atoms with E-state index in [1.54, 1.807) is 0 Å². The predicted octanol–water partition coefficient (Wildman–Crippen LogP) is 1.49. The lowest BCUT2D eigenvalue weighted by atomic mass is 9.94. The molecule has 0 aromatic rings. The summed E-state index contributed by atoms with van der Waals surface area (Å²) in [7, 11) is 4.07. The lowest BCUT2D eigenvalue weighted by molar-refractivity contribution is -0.139. The monoisotopic (exact) mass is 273 g/mol. The third-order valence-corrected chi connectivity index (χ3v) is 2.79. The van der Waals surface area contributed by atoms with Gasteiger partial charge in [0.25, 0.3) is 0 Å². The van der Waals surface area contributed by atoms with Gasteiger partial charge in [-0.25, -0.2) is 0 Å². The van der Waals surface area contributed by atoms with E-state index >= 15 is 0 Å². The van der Waals surface area contributed by atoms with Gasteiger partial charge < -0.3 is 15.5 Å². The fraction of sp³-hybridized carbons (Fsp3) is 0.846. The van der Waals surface area contributed by atoms with Crippen LogP contribution in [0, 0.1) is 5.41 Å². The summed E-state index contributed by atoms with van der Waals surface area (Å²) in [5.74, 6) is 0.164. The quantitative estimate of drug-likeness (QED) is 0.714. The van der Waals surface area contributed by atoms with Crippen LogP contribution in [0.25, 0.3) is 0 Å². The topological polar surface area (TPSA) is 49.6 Å². The van der Waals surface area contributed by atoms with E-state index < -0.39 is 0 Å². The lowest BCUT2D eigenvalue weighted by Gasteiger charge is -2.30. The Morgan fingerprint density at radius 2 is 1.72 bits per heavy atom. The molecule has 0 aliphatic rings. The van der Waals surface area contributed by atoms with Crippen LogP contribution in [0.5, 0.6) is 0 Å². The molecule has 0 radical (unpaired) electrons. The Kier molecular flexibility index (Phi) is 7.40. The molecular formula is C13H27N3OS. The summed E-state index contributed by atoms with van der Waals surface area (Å²) in [5.41, 5.74) is 5.16. The molecule has 0 spiro atoms.